The van der Waals surface area contributed by atoms with Crippen LogP contribution in [0.2, 0.25) is 0 Å². The van der Waals surface area contributed by atoms with Gasteiger partial charge in [-0.1, -0.05) is 36.4 Å². The minimum atomic E-state index is -0.129. The van der Waals surface area contributed by atoms with Crippen molar-refractivity contribution in [2.45, 2.75) is 38.5 Å². The van der Waals surface area contributed by atoms with Gasteiger partial charge < -0.3 is 15.2 Å². The van der Waals surface area contributed by atoms with Crippen LogP contribution in [0.3, 0.4) is 0 Å². The van der Waals surface area contributed by atoms with Gasteiger partial charge in [0.2, 0.25) is 0 Å². The van der Waals surface area contributed by atoms with Gasteiger partial charge in [0.25, 0.3) is 0 Å². The van der Waals surface area contributed by atoms with E-state index in [2.05, 4.69) is 47.5 Å². The van der Waals surface area contributed by atoms with Gasteiger partial charge in [-0.3, -0.25) is 4.90 Å². The van der Waals surface area contributed by atoms with Gasteiger partial charge in [-0.25, -0.2) is 0 Å². The molecule has 1 fully saturated rings. The Bertz CT molecular complexity index is 681. The molecule has 0 aliphatic carbocycles. The Hall–Kier alpha value is -2.04. The molecular formula is C21H28N2O2. The number of para-hydroxylation sites is 2. The van der Waals surface area contributed by atoms with Crippen molar-refractivity contribution in [3.05, 3.63) is 59.7 Å². The Morgan fingerprint density at radius 2 is 1.80 bits per heavy atom. The van der Waals surface area contributed by atoms with Gasteiger partial charge in [0.1, 0.15) is 5.75 Å². The molecule has 4 heteroatoms. The summed E-state index contributed by atoms with van der Waals surface area (Å²) >= 11 is 0. The summed E-state index contributed by atoms with van der Waals surface area (Å²) in [6, 6.07) is 16.8. The third-order valence-electron chi connectivity index (χ3n) is 4.95. The molecule has 0 radical (unpaired) electrons. The van der Waals surface area contributed by atoms with Crippen LogP contribution in [0.15, 0.2) is 48.5 Å². The predicted molar refractivity (Wildman–Crippen MR) is 102 cm³/mol. The van der Waals surface area contributed by atoms with Crippen molar-refractivity contribution in [1.29, 1.82) is 0 Å². The van der Waals surface area contributed by atoms with Gasteiger partial charge in [0.15, 0.2) is 0 Å². The van der Waals surface area contributed by atoms with Crippen molar-refractivity contribution in [2.24, 2.45) is 0 Å². The SMILES string of the molecule is COc1ccccc1[C@H](C)Nc1ccccc1CN1CCC(O)CC1. The van der Waals surface area contributed by atoms with Gasteiger partial charge in [0, 0.05) is 30.9 Å². The highest BCUT2D eigenvalue weighted by Crippen LogP contribution is 2.29. The molecule has 1 aliphatic rings. The fourth-order valence-corrected chi connectivity index (χ4v) is 3.45. The topological polar surface area (TPSA) is 44.7 Å². The standard InChI is InChI=1S/C21H28N2O2/c1-16(19-8-4-6-10-21(19)25-2)22-20-9-5-3-7-17(20)15-23-13-11-18(24)12-14-23/h3-10,16,18,22,24H,11-15H2,1-2H3/t16-/m0/s1. The number of methoxy groups -OCH3 is 1. The number of benzene rings is 2. The number of aliphatic hydroxyl groups excluding tert-OH is 1. The molecule has 0 bridgehead atoms. The number of piperidine rings is 1. The number of hydrogen-bond donors (Lipinski definition) is 2. The fourth-order valence-electron chi connectivity index (χ4n) is 3.45. The number of aliphatic hydroxyl groups is 1. The lowest BCUT2D eigenvalue weighted by Gasteiger charge is -2.30. The molecule has 25 heavy (non-hydrogen) atoms. The maximum atomic E-state index is 9.69. The third-order valence-corrected chi connectivity index (χ3v) is 4.95. The summed E-state index contributed by atoms with van der Waals surface area (Å²) in [5.74, 6) is 0.907. The maximum absolute atomic E-state index is 9.69. The lowest BCUT2D eigenvalue weighted by molar-refractivity contribution is 0.0793. The second-order valence-electron chi connectivity index (χ2n) is 6.77. The van der Waals surface area contributed by atoms with E-state index in [1.165, 1.54) is 5.56 Å². The largest absolute Gasteiger partial charge is 0.496 e. The molecule has 2 aromatic rings. The van der Waals surface area contributed by atoms with Crippen molar-refractivity contribution < 1.29 is 9.84 Å². The molecule has 0 spiro atoms. The minimum Gasteiger partial charge on any atom is -0.496 e. The molecule has 4 nitrogen and oxygen atoms in total. The van der Waals surface area contributed by atoms with E-state index in [0.717, 1.165) is 49.5 Å². The smallest absolute Gasteiger partial charge is 0.124 e. The molecule has 1 heterocycles. The second-order valence-corrected chi connectivity index (χ2v) is 6.77. The van der Waals surface area contributed by atoms with Crippen LogP contribution in [-0.2, 0) is 6.54 Å². The zero-order chi connectivity index (χ0) is 17.6. The number of likely N-dealkylation sites (tertiary alicyclic amines) is 1. The molecule has 2 aromatic carbocycles. The van der Waals surface area contributed by atoms with E-state index in [-0.39, 0.29) is 12.1 Å². The van der Waals surface area contributed by atoms with Crippen LogP contribution < -0.4 is 10.1 Å². The average molecular weight is 340 g/mol. The summed E-state index contributed by atoms with van der Waals surface area (Å²) in [5.41, 5.74) is 3.61. The highest BCUT2D eigenvalue weighted by Gasteiger charge is 2.18. The van der Waals surface area contributed by atoms with E-state index >= 15 is 0 Å². The van der Waals surface area contributed by atoms with Crippen molar-refractivity contribution >= 4 is 5.69 Å². The molecule has 0 amide bonds. The van der Waals surface area contributed by atoms with Crippen LogP contribution in [0.4, 0.5) is 5.69 Å². The van der Waals surface area contributed by atoms with Crippen molar-refractivity contribution in [2.75, 3.05) is 25.5 Å². The van der Waals surface area contributed by atoms with E-state index < -0.39 is 0 Å². The van der Waals surface area contributed by atoms with Gasteiger partial charge in [-0.2, -0.15) is 0 Å². The average Bonchev–Trinajstić information content (AvgIpc) is 2.65. The van der Waals surface area contributed by atoms with Gasteiger partial charge >= 0.3 is 0 Å². The Morgan fingerprint density at radius 1 is 1.12 bits per heavy atom. The van der Waals surface area contributed by atoms with E-state index in [1.54, 1.807) is 7.11 Å². The normalized spacial score (nSPS) is 17.2. The first-order valence-corrected chi connectivity index (χ1v) is 9.05. The number of ether oxygens (including phenoxy) is 1. The van der Waals surface area contributed by atoms with E-state index in [9.17, 15) is 5.11 Å². The molecule has 134 valence electrons. The summed E-state index contributed by atoms with van der Waals surface area (Å²) in [5, 5.41) is 13.3. The van der Waals surface area contributed by atoms with Crippen LogP contribution in [0.1, 0.15) is 36.9 Å². The Labute approximate surface area is 150 Å². The molecule has 0 saturated carbocycles. The lowest BCUT2D eigenvalue weighted by Crippen LogP contribution is -2.35. The molecule has 2 N–H and O–H groups in total. The number of nitrogens with one attached hydrogen (secondary N) is 1. The molecule has 0 aromatic heterocycles. The van der Waals surface area contributed by atoms with Gasteiger partial charge in [-0.05, 0) is 37.5 Å². The Kier molecular flexibility index (Phi) is 5.95. The zero-order valence-corrected chi connectivity index (χ0v) is 15.1. The highest BCUT2D eigenvalue weighted by molar-refractivity contribution is 5.53. The van der Waals surface area contributed by atoms with Crippen LogP contribution in [0, 0.1) is 0 Å². The number of anilines is 1. The molecule has 1 aliphatic heterocycles. The third kappa shape index (κ3) is 4.53. The monoisotopic (exact) mass is 340 g/mol. The molecule has 1 saturated heterocycles. The first kappa shape index (κ1) is 17.8. The first-order valence-electron chi connectivity index (χ1n) is 9.05. The van der Waals surface area contributed by atoms with E-state index in [1.807, 2.05) is 18.2 Å². The highest BCUT2D eigenvalue weighted by atomic mass is 16.5. The molecule has 1 atom stereocenters. The zero-order valence-electron chi connectivity index (χ0n) is 15.1. The van der Waals surface area contributed by atoms with Crippen molar-refractivity contribution in [3.8, 4) is 5.75 Å². The molecule has 0 unspecified atom stereocenters. The van der Waals surface area contributed by atoms with Gasteiger partial charge in [0.05, 0.1) is 19.3 Å². The van der Waals surface area contributed by atoms with Crippen LogP contribution in [0.5, 0.6) is 5.75 Å². The van der Waals surface area contributed by atoms with Crippen molar-refractivity contribution in [3.63, 3.8) is 0 Å². The number of rotatable bonds is 6. The van der Waals surface area contributed by atoms with Crippen molar-refractivity contribution in [1.82, 2.24) is 4.90 Å². The minimum absolute atomic E-state index is 0.129. The summed E-state index contributed by atoms with van der Waals surface area (Å²) in [6.45, 7) is 4.98. The first-order chi connectivity index (χ1) is 12.2. The summed E-state index contributed by atoms with van der Waals surface area (Å²) in [7, 11) is 1.71. The Balaban J connectivity index is 1.72. The molecular weight excluding hydrogens is 312 g/mol. The summed E-state index contributed by atoms with van der Waals surface area (Å²) < 4.78 is 5.49. The summed E-state index contributed by atoms with van der Waals surface area (Å²) in [6.07, 6.45) is 1.61. The lowest BCUT2D eigenvalue weighted by atomic mass is 10.0. The van der Waals surface area contributed by atoms with E-state index in [0.29, 0.717) is 0 Å². The number of nitrogens with zero attached hydrogens (tertiary/aromatic N) is 1. The van der Waals surface area contributed by atoms with E-state index in [4.69, 9.17) is 4.74 Å². The summed E-state index contributed by atoms with van der Waals surface area (Å²) in [4.78, 5) is 2.42. The molecule has 3 rings (SSSR count). The van der Waals surface area contributed by atoms with Crippen LogP contribution in [0.25, 0.3) is 0 Å². The maximum Gasteiger partial charge on any atom is 0.124 e. The Morgan fingerprint density at radius 3 is 2.56 bits per heavy atom. The quantitative estimate of drug-likeness (QED) is 0.839. The predicted octanol–water partition coefficient (Wildman–Crippen LogP) is 3.83. The van der Waals surface area contributed by atoms with Crippen LogP contribution in [-0.4, -0.2) is 36.3 Å². The van der Waals surface area contributed by atoms with Crippen LogP contribution >= 0.6 is 0 Å². The van der Waals surface area contributed by atoms with Gasteiger partial charge in [-0.15, -0.1) is 0 Å². The fraction of sp³-hybridized carbons (Fsp3) is 0.429. The second kappa shape index (κ2) is 8.37. The number of hydrogen-bond acceptors (Lipinski definition) is 4.